The van der Waals surface area contributed by atoms with Crippen LogP contribution in [0.5, 0.6) is 17.2 Å². The number of methoxy groups -OCH3 is 3. The Kier molecular flexibility index (Phi) is 6.42. The molecule has 162 valence electrons. The molecule has 0 bridgehead atoms. The number of carbonyl (C=O) groups is 1. The molecule has 1 fully saturated rings. The van der Waals surface area contributed by atoms with Crippen LogP contribution < -0.4 is 14.2 Å². The van der Waals surface area contributed by atoms with Gasteiger partial charge >= 0.3 is 0 Å². The molecule has 1 saturated heterocycles. The number of para-hydroxylation sites is 1. The van der Waals surface area contributed by atoms with E-state index in [1.165, 1.54) is 9.71 Å². The fourth-order valence-electron chi connectivity index (χ4n) is 3.86. The summed E-state index contributed by atoms with van der Waals surface area (Å²) < 4.78 is 17.3. The molecule has 0 aliphatic carbocycles. The molecule has 4 rings (SSSR count). The molecule has 3 aromatic rings. The number of carbonyl (C=O) groups excluding carboxylic acids is 1. The van der Waals surface area contributed by atoms with Crippen molar-refractivity contribution in [1.82, 2.24) is 9.88 Å². The van der Waals surface area contributed by atoms with Gasteiger partial charge in [-0.05, 0) is 37.1 Å². The summed E-state index contributed by atoms with van der Waals surface area (Å²) in [6, 6.07) is 11.8. The van der Waals surface area contributed by atoms with Gasteiger partial charge in [0, 0.05) is 36.7 Å². The molecule has 1 amide bonds. The van der Waals surface area contributed by atoms with Crippen LogP contribution in [0.15, 0.2) is 42.5 Å². The van der Waals surface area contributed by atoms with E-state index in [1.807, 2.05) is 17.0 Å². The summed E-state index contributed by atoms with van der Waals surface area (Å²) in [5.74, 6) is 2.21. The molecule has 1 aliphatic rings. The van der Waals surface area contributed by atoms with Gasteiger partial charge in [-0.25, -0.2) is 4.98 Å². The number of thiazole rings is 1. The lowest BCUT2D eigenvalue weighted by Gasteiger charge is -2.30. The van der Waals surface area contributed by atoms with Crippen molar-refractivity contribution in [3.05, 3.63) is 53.0 Å². The summed E-state index contributed by atoms with van der Waals surface area (Å²) in [6.07, 6.45) is 5.22. The van der Waals surface area contributed by atoms with Crippen LogP contribution in [0, 0.1) is 0 Å². The summed E-state index contributed by atoms with van der Waals surface area (Å²) in [5, 5.41) is 1.18. The number of hydrogen-bond donors (Lipinski definition) is 0. The van der Waals surface area contributed by atoms with Gasteiger partial charge in [-0.15, -0.1) is 11.3 Å². The molecule has 6 nitrogen and oxygen atoms in total. The fourth-order valence-corrected chi connectivity index (χ4v) is 5.00. The zero-order valence-electron chi connectivity index (χ0n) is 18.0. The lowest BCUT2D eigenvalue weighted by molar-refractivity contribution is -0.126. The zero-order valence-corrected chi connectivity index (χ0v) is 18.8. The number of aromatic nitrogens is 1. The van der Waals surface area contributed by atoms with E-state index in [0.717, 1.165) is 37.0 Å². The van der Waals surface area contributed by atoms with Crippen LogP contribution in [0.4, 0.5) is 0 Å². The first-order valence-electron chi connectivity index (χ1n) is 10.3. The Balaban J connectivity index is 1.41. The van der Waals surface area contributed by atoms with Gasteiger partial charge < -0.3 is 19.1 Å². The van der Waals surface area contributed by atoms with E-state index in [1.54, 1.807) is 57.0 Å². The Morgan fingerprint density at radius 1 is 1.03 bits per heavy atom. The SMILES string of the molecule is COc1cc(OC)c(OC)cc1/C=C/C(=O)N1CCC(c2nc3ccccc3s2)CC1. The summed E-state index contributed by atoms with van der Waals surface area (Å²) >= 11 is 1.77. The summed E-state index contributed by atoms with van der Waals surface area (Å²) in [5.41, 5.74) is 1.82. The third-order valence-corrected chi connectivity index (χ3v) is 6.81. The molecule has 1 aromatic heterocycles. The Bertz CT molecular complexity index is 1070. The number of benzene rings is 2. The van der Waals surface area contributed by atoms with E-state index in [-0.39, 0.29) is 5.91 Å². The molecular weight excluding hydrogens is 412 g/mol. The van der Waals surface area contributed by atoms with E-state index in [4.69, 9.17) is 19.2 Å². The molecule has 1 aliphatic heterocycles. The molecule has 2 heterocycles. The predicted molar refractivity (Wildman–Crippen MR) is 123 cm³/mol. The van der Waals surface area contributed by atoms with E-state index < -0.39 is 0 Å². The van der Waals surface area contributed by atoms with Gasteiger partial charge in [-0.1, -0.05) is 12.1 Å². The molecule has 31 heavy (non-hydrogen) atoms. The Hall–Kier alpha value is -3.06. The van der Waals surface area contributed by atoms with E-state index in [0.29, 0.717) is 23.2 Å². The number of nitrogens with zero attached hydrogens (tertiary/aromatic N) is 2. The summed E-state index contributed by atoms with van der Waals surface area (Å²) in [7, 11) is 4.75. The van der Waals surface area contributed by atoms with Crippen LogP contribution in [-0.2, 0) is 4.79 Å². The van der Waals surface area contributed by atoms with Gasteiger partial charge in [0.1, 0.15) is 5.75 Å². The number of rotatable bonds is 6. The van der Waals surface area contributed by atoms with Crippen LogP contribution in [0.1, 0.15) is 29.3 Å². The predicted octanol–water partition coefficient (Wildman–Crippen LogP) is 4.74. The third-order valence-electron chi connectivity index (χ3n) is 5.61. The maximum absolute atomic E-state index is 12.8. The van der Waals surface area contributed by atoms with Gasteiger partial charge in [-0.2, -0.15) is 0 Å². The van der Waals surface area contributed by atoms with Gasteiger partial charge in [0.15, 0.2) is 11.5 Å². The minimum atomic E-state index is -0.000382. The molecule has 2 aromatic carbocycles. The van der Waals surface area contributed by atoms with Crippen LogP contribution in [0.25, 0.3) is 16.3 Å². The van der Waals surface area contributed by atoms with Crippen molar-refractivity contribution < 1.29 is 19.0 Å². The van der Waals surface area contributed by atoms with Gasteiger partial charge in [-0.3, -0.25) is 4.79 Å². The van der Waals surface area contributed by atoms with Crippen molar-refractivity contribution in [1.29, 1.82) is 0 Å². The van der Waals surface area contributed by atoms with E-state index >= 15 is 0 Å². The number of likely N-dealkylation sites (tertiary alicyclic amines) is 1. The minimum Gasteiger partial charge on any atom is -0.496 e. The van der Waals surface area contributed by atoms with Crippen molar-refractivity contribution >= 4 is 33.5 Å². The van der Waals surface area contributed by atoms with Crippen molar-refractivity contribution in [3.8, 4) is 17.2 Å². The van der Waals surface area contributed by atoms with Gasteiger partial charge in [0.25, 0.3) is 0 Å². The van der Waals surface area contributed by atoms with Crippen LogP contribution in [-0.4, -0.2) is 50.2 Å². The minimum absolute atomic E-state index is 0.000382. The highest BCUT2D eigenvalue weighted by molar-refractivity contribution is 7.18. The topological polar surface area (TPSA) is 60.9 Å². The second kappa shape index (κ2) is 9.39. The molecule has 7 heteroatoms. The van der Waals surface area contributed by atoms with Gasteiger partial charge in [0.2, 0.25) is 5.91 Å². The number of piperidine rings is 1. The van der Waals surface area contributed by atoms with Crippen molar-refractivity contribution in [2.24, 2.45) is 0 Å². The Morgan fingerprint density at radius 3 is 2.39 bits per heavy atom. The smallest absolute Gasteiger partial charge is 0.246 e. The second-order valence-corrected chi connectivity index (χ2v) is 8.46. The zero-order chi connectivity index (χ0) is 21.8. The number of amides is 1. The van der Waals surface area contributed by atoms with Crippen molar-refractivity contribution in [2.45, 2.75) is 18.8 Å². The average Bonchev–Trinajstić information content (AvgIpc) is 3.26. The standard InChI is InChI=1S/C24H26N2O4S/c1-28-19-15-21(30-3)20(29-2)14-17(19)8-9-23(27)26-12-10-16(11-13-26)24-25-18-6-4-5-7-22(18)31-24/h4-9,14-16H,10-13H2,1-3H3/b9-8+. The Labute approximate surface area is 186 Å². The molecular formula is C24H26N2O4S. The fraction of sp³-hybridized carbons (Fsp3) is 0.333. The first kappa shape index (κ1) is 21.2. The maximum Gasteiger partial charge on any atom is 0.246 e. The normalized spacial score (nSPS) is 14.9. The molecule has 0 unspecified atom stereocenters. The average molecular weight is 439 g/mol. The van der Waals surface area contributed by atoms with Crippen LogP contribution >= 0.6 is 11.3 Å². The Morgan fingerprint density at radius 2 is 1.71 bits per heavy atom. The first-order valence-corrected chi connectivity index (χ1v) is 11.1. The molecule has 0 atom stereocenters. The first-order chi connectivity index (χ1) is 15.1. The number of hydrogen-bond acceptors (Lipinski definition) is 6. The molecule has 0 N–H and O–H groups in total. The van der Waals surface area contributed by atoms with E-state index in [2.05, 4.69) is 12.1 Å². The van der Waals surface area contributed by atoms with Crippen molar-refractivity contribution in [3.63, 3.8) is 0 Å². The highest BCUT2D eigenvalue weighted by Gasteiger charge is 2.25. The molecule has 0 saturated carbocycles. The third kappa shape index (κ3) is 4.51. The van der Waals surface area contributed by atoms with Crippen LogP contribution in [0.2, 0.25) is 0 Å². The molecule has 0 radical (unpaired) electrons. The summed E-state index contributed by atoms with van der Waals surface area (Å²) in [4.78, 5) is 19.5. The van der Waals surface area contributed by atoms with E-state index in [9.17, 15) is 4.79 Å². The highest BCUT2D eigenvalue weighted by Crippen LogP contribution is 2.36. The maximum atomic E-state index is 12.8. The monoisotopic (exact) mass is 438 g/mol. The largest absolute Gasteiger partial charge is 0.496 e. The molecule has 0 spiro atoms. The van der Waals surface area contributed by atoms with Crippen molar-refractivity contribution in [2.75, 3.05) is 34.4 Å². The highest BCUT2D eigenvalue weighted by atomic mass is 32.1. The second-order valence-electron chi connectivity index (χ2n) is 7.40. The van der Waals surface area contributed by atoms with Crippen LogP contribution in [0.3, 0.4) is 0 Å². The quantitative estimate of drug-likeness (QED) is 0.520. The number of ether oxygens (including phenoxy) is 3. The summed E-state index contributed by atoms with van der Waals surface area (Å²) in [6.45, 7) is 1.46. The lowest BCUT2D eigenvalue weighted by Crippen LogP contribution is -2.36. The number of fused-ring (bicyclic) bond motifs is 1. The lowest BCUT2D eigenvalue weighted by atomic mass is 9.97. The van der Waals surface area contributed by atoms with Gasteiger partial charge in [0.05, 0.1) is 36.6 Å².